The lowest BCUT2D eigenvalue weighted by molar-refractivity contribution is -0.122. The quantitative estimate of drug-likeness (QED) is 0.792. The minimum atomic E-state index is 0.0943. The summed E-state index contributed by atoms with van der Waals surface area (Å²) in [4.78, 5) is 11.9. The Morgan fingerprint density at radius 1 is 1.22 bits per heavy atom. The van der Waals surface area contributed by atoms with E-state index in [1.165, 1.54) is 25.7 Å². The van der Waals surface area contributed by atoms with E-state index in [0.717, 1.165) is 13.0 Å². The summed E-state index contributed by atoms with van der Waals surface area (Å²) in [6, 6.07) is 0.422. The van der Waals surface area contributed by atoms with E-state index in [-0.39, 0.29) is 11.4 Å². The maximum absolute atomic E-state index is 11.9. The molecule has 1 fully saturated rings. The molecule has 0 saturated heterocycles. The van der Waals surface area contributed by atoms with Crippen LogP contribution < -0.4 is 10.6 Å². The molecule has 1 rings (SSSR count). The Hall–Kier alpha value is -0.570. The van der Waals surface area contributed by atoms with Crippen LogP contribution in [0.1, 0.15) is 66.2 Å². The van der Waals surface area contributed by atoms with E-state index in [2.05, 4.69) is 38.3 Å². The molecule has 0 spiro atoms. The molecule has 0 aromatic carbocycles. The van der Waals surface area contributed by atoms with Gasteiger partial charge >= 0.3 is 0 Å². The maximum Gasteiger partial charge on any atom is 0.221 e. The molecule has 2 unspecified atom stereocenters. The number of hydrogen-bond donors (Lipinski definition) is 2. The summed E-state index contributed by atoms with van der Waals surface area (Å²) in [6.07, 6.45) is 6.81. The predicted molar refractivity (Wildman–Crippen MR) is 76.6 cm³/mol. The topological polar surface area (TPSA) is 41.1 Å². The Morgan fingerprint density at radius 3 is 2.50 bits per heavy atom. The van der Waals surface area contributed by atoms with E-state index in [4.69, 9.17) is 0 Å². The van der Waals surface area contributed by atoms with Crippen LogP contribution in [0.4, 0.5) is 0 Å². The molecule has 0 aromatic rings. The maximum atomic E-state index is 11.9. The molecule has 3 heteroatoms. The summed E-state index contributed by atoms with van der Waals surface area (Å²) in [6.45, 7) is 9.37. The summed E-state index contributed by atoms with van der Waals surface area (Å²) in [7, 11) is 0. The van der Waals surface area contributed by atoms with Crippen LogP contribution in [-0.4, -0.2) is 24.0 Å². The first-order valence-corrected chi connectivity index (χ1v) is 7.47. The van der Waals surface area contributed by atoms with Gasteiger partial charge in [0.2, 0.25) is 5.91 Å². The molecule has 106 valence electrons. The molecule has 2 atom stereocenters. The average Bonchev–Trinajstić information content (AvgIpc) is 2.28. The third-order valence-electron chi connectivity index (χ3n) is 3.79. The summed E-state index contributed by atoms with van der Waals surface area (Å²) in [5.74, 6) is 0.898. The van der Waals surface area contributed by atoms with Crippen LogP contribution in [0.5, 0.6) is 0 Å². The normalized spacial score (nSPS) is 24.9. The lowest BCUT2D eigenvalue weighted by Gasteiger charge is -2.31. The van der Waals surface area contributed by atoms with Crippen molar-refractivity contribution >= 4 is 5.91 Å². The van der Waals surface area contributed by atoms with E-state index in [0.29, 0.717) is 18.4 Å². The van der Waals surface area contributed by atoms with Crippen LogP contribution in [0.25, 0.3) is 0 Å². The summed E-state index contributed by atoms with van der Waals surface area (Å²) >= 11 is 0. The average molecular weight is 254 g/mol. The fraction of sp³-hybridized carbons (Fsp3) is 0.933. The van der Waals surface area contributed by atoms with Gasteiger partial charge in [-0.05, 0) is 39.5 Å². The lowest BCUT2D eigenvalue weighted by Crippen LogP contribution is -2.44. The summed E-state index contributed by atoms with van der Waals surface area (Å²) < 4.78 is 0. The molecule has 1 aliphatic carbocycles. The van der Waals surface area contributed by atoms with Gasteiger partial charge in [0.25, 0.3) is 0 Å². The SMILES string of the molecule is CCC1CCCCC1NC(=O)CCNC(C)(C)C. The highest BCUT2D eigenvalue weighted by molar-refractivity contribution is 5.76. The lowest BCUT2D eigenvalue weighted by atomic mass is 9.83. The highest BCUT2D eigenvalue weighted by Crippen LogP contribution is 2.26. The Labute approximate surface area is 112 Å². The fourth-order valence-corrected chi connectivity index (χ4v) is 2.72. The highest BCUT2D eigenvalue weighted by atomic mass is 16.1. The molecule has 3 nitrogen and oxygen atoms in total. The van der Waals surface area contributed by atoms with Crippen molar-refractivity contribution in [1.82, 2.24) is 10.6 Å². The van der Waals surface area contributed by atoms with E-state index in [1.54, 1.807) is 0 Å². The van der Waals surface area contributed by atoms with Crippen LogP contribution in [0.2, 0.25) is 0 Å². The minimum Gasteiger partial charge on any atom is -0.353 e. The van der Waals surface area contributed by atoms with Gasteiger partial charge in [0.05, 0.1) is 0 Å². The first-order chi connectivity index (χ1) is 8.42. The summed E-state index contributed by atoms with van der Waals surface area (Å²) in [5.41, 5.74) is 0.0943. The van der Waals surface area contributed by atoms with Gasteiger partial charge in [-0.2, -0.15) is 0 Å². The largest absolute Gasteiger partial charge is 0.353 e. The minimum absolute atomic E-state index is 0.0943. The molecule has 0 aliphatic heterocycles. The van der Waals surface area contributed by atoms with Crippen molar-refractivity contribution < 1.29 is 4.79 Å². The second kappa shape index (κ2) is 7.13. The van der Waals surface area contributed by atoms with Crippen molar-refractivity contribution in [2.45, 2.75) is 77.8 Å². The van der Waals surface area contributed by atoms with Crippen molar-refractivity contribution in [1.29, 1.82) is 0 Å². The van der Waals surface area contributed by atoms with Gasteiger partial charge in [0, 0.05) is 24.5 Å². The zero-order valence-electron chi connectivity index (χ0n) is 12.5. The number of carbonyl (C=O) groups is 1. The first kappa shape index (κ1) is 15.5. The third kappa shape index (κ3) is 5.85. The van der Waals surface area contributed by atoms with E-state index >= 15 is 0 Å². The molecule has 0 radical (unpaired) electrons. The molecule has 0 aromatic heterocycles. The standard InChI is InChI=1S/C15H30N2O/c1-5-12-8-6-7-9-13(12)17-14(18)10-11-16-15(2,3)4/h12-13,16H,5-11H2,1-4H3,(H,17,18). The Morgan fingerprint density at radius 2 is 1.89 bits per heavy atom. The van der Waals surface area contributed by atoms with Crippen molar-refractivity contribution in [2.24, 2.45) is 5.92 Å². The van der Waals surface area contributed by atoms with Crippen LogP contribution in [0.3, 0.4) is 0 Å². The van der Waals surface area contributed by atoms with Crippen molar-refractivity contribution in [3.05, 3.63) is 0 Å². The van der Waals surface area contributed by atoms with Gasteiger partial charge in [-0.3, -0.25) is 4.79 Å². The van der Waals surface area contributed by atoms with Gasteiger partial charge in [-0.25, -0.2) is 0 Å². The number of hydrogen-bond acceptors (Lipinski definition) is 2. The number of amides is 1. The van der Waals surface area contributed by atoms with Crippen LogP contribution in [0.15, 0.2) is 0 Å². The van der Waals surface area contributed by atoms with Gasteiger partial charge in [-0.1, -0.05) is 26.2 Å². The molecular formula is C15H30N2O. The molecule has 1 saturated carbocycles. The first-order valence-electron chi connectivity index (χ1n) is 7.47. The predicted octanol–water partition coefficient (Wildman–Crippen LogP) is 2.85. The van der Waals surface area contributed by atoms with Crippen LogP contribution in [-0.2, 0) is 4.79 Å². The second-order valence-electron chi connectivity index (χ2n) is 6.55. The Kier molecular flexibility index (Phi) is 6.13. The van der Waals surface area contributed by atoms with Gasteiger partial charge in [0.1, 0.15) is 0 Å². The van der Waals surface area contributed by atoms with Gasteiger partial charge < -0.3 is 10.6 Å². The van der Waals surface area contributed by atoms with Gasteiger partial charge in [-0.15, -0.1) is 0 Å². The smallest absolute Gasteiger partial charge is 0.221 e. The number of nitrogens with one attached hydrogen (secondary N) is 2. The number of rotatable bonds is 5. The Balaban J connectivity index is 2.26. The monoisotopic (exact) mass is 254 g/mol. The molecule has 1 aliphatic rings. The zero-order valence-corrected chi connectivity index (χ0v) is 12.5. The molecule has 18 heavy (non-hydrogen) atoms. The van der Waals surface area contributed by atoms with Gasteiger partial charge in [0.15, 0.2) is 0 Å². The molecule has 1 amide bonds. The summed E-state index contributed by atoms with van der Waals surface area (Å²) in [5, 5.41) is 6.58. The van der Waals surface area contributed by atoms with Crippen molar-refractivity contribution in [2.75, 3.05) is 6.54 Å². The van der Waals surface area contributed by atoms with E-state index in [1.807, 2.05) is 0 Å². The fourth-order valence-electron chi connectivity index (χ4n) is 2.72. The van der Waals surface area contributed by atoms with Crippen LogP contribution in [0, 0.1) is 5.92 Å². The molecule has 0 bridgehead atoms. The van der Waals surface area contributed by atoms with Crippen molar-refractivity contribution in [3.63, 3.8) is 0 Å². The van der Waals surface area contributed by atoms with Crippen LogP contribution >= 0.6 is 0 Å². The third-order valence-corrected chi connectivity index (χ3v) is 3.79. The molecular weight excluding hydrogens is 224 g/mol. The van der Waals surface area contributed by atoms with E-state index < -0.39 is 0 Å². The second-order valence-corrected chi connectivity index (χ2v) is 6.55. The highest BCUT2D eigenvalue weighted by Gasteiger charge is 2.24. The van der Waals surface area contributed by atoms with E-state index in [9.17, 15) is 4.79 Å². The molecule has 2 N–H and O–H groups in total. The number of carbonyl (C=O) groups excluding carboxylic acids is 1. The molecule has 0 heterocycles. The Bertz CT molecular complexity index is 258. The zero-order chi connectivity index (χ0) is 13.6. The van der Waals surface area contributed by atoms with Crippen molar-refractivity contribution in [3.8, 4) is 0 Å².